The molecule has 1 fully saturated rings. The van der Waals surface area contributed by atoms with Crippen molar-refractivity contribution in [3.8, 4) is 11.5 Å². The van der Waals surface area contributed by atoms with E-state index >= 15 is 0 Å². The van der Waals surface area contributed by atoms with Crippen molar-refractivity contribution in [1.82, 2.24) is 4.90 Å². The molecule has 0 amide bonds. The van der Waals surface area contributed by atoms with Gasteiger partial charge in [-0.05, 0) is 29.8 Å². The Morgan fingerprint density at radius 3 is 2.50 bits per heavy atom. The summed E-state index contributed by atoms with van der Waals surface area (Å²) in [5.74, 6) is 0.376. The number of aromatic hydroxyl groups is 2. The highest BCUT2D eigenvalue weighted by atomic mass is 16.4. The summed E-state index contributed by atoms with van der Waals surface area (Å²) in [6.07, 6.45) is 0. The molecule has 1 saturated heterocycles. The summed E-state index contributed by atoms with van der Waals surface area (Å²) in [5, 5.41) is 20.4. The number of rotatable bonds is 3. The van der Waals surface area contributed by atoms with Crippen LogP contribution in [0.1, 0.15) is 5.56 Å². The number of anilines is 1. The summed E-state index contributed by atoms with van der Waals surface area (Å²) in [7, 11) is 0. The predicted molar refractivity (Wildman–Crippen MR) is 99.7 cm³/mol. The maximum atomic E-state index is 11.8. The summed E-state index contributed by atoms with van der Waals surface area (Å²) in [5.41, 5.74) is 1.74. The Bertz CT molecular complexity index is 991. The van der Waals surface area contributed by atoms with E-state index in [0.717, 1.165) is 42.8 Å². The molecular weight excluding hydrogens is 332 g/mol. The zero-order valence-corrected chi connectivity index (χ0v) is 14.3. The van der Waals surface area contributed by atoms with Gasteiger partial charge in [0.1, 0.15) is 17.1 Å². The van der Waals surface area contributed by atoms with Crippen LogP contribution in [0.4, 0.5) is 5.69 Å². The number of fused-ring (bicyclic) bond motifs is 1. The zero-order valence-electron chi connectivity index (χ0n) is 14.3. The molecule has 2 N–H and O–H groups in total. The molecule has 4 rings (SSSR count). The van der Waals surface area contributed by atoms with E-state index in [1.165, 1.54) is 12.1 Å². The minimum Gasteiger partial charge on any atom is -0.508 e. The van der Waals surface area contributed by atoms with E-state index in [-0.39, 0.29) is 5.75 Å². The van der Waals surface area contributed by atoms with E-state index in [0.29, 0.717) is 17.9 Å². The standard InChI is InChI=1S/C20H20N2O4/c23-15-5-6-16-14(11-20(25)26-19(16)12-15)13-21-7-9-22(10-8-21)17-3-1-2-4-18(17)24/h1-6,11-12,23-24H,7-10,13H2. The third-order valence-electron chi connectivity index (χ3n) is 4.80. The Balaban J connectivity index is 1.51. The number of benzene rings is 2. The lowest BCUT2D eigenvalue weighted by atomic mass is 10.1. The lowest BCUT2D eigenvalue weighted by Crippen LogP contribution is -2.46. The van der Waals surface area contributed by atoms with Crippen LogP contribution in [0.5, 0.6) is 11.5 Å². The van der Waals surface area contributed by atoms with Gasteiger partial charge in [-0.1, -0.05) is 12.1 Å². The van der Waals surface area contributed by atoms with Gasteiger partial charge in [0.15, 0.2) is 0 Å². The highest BCUT2D eigenvalue weighted by Crippen LogP contribution is 2.28. The highest BCUT2D eigenvalue weighted by molar-refractivity contribution is 5.81. The number of hydrogen-bond donors (Lipinski definition) is 2. The van der Waals surface area contributed by atoms with Crippen LogP contribution in [0.3, 0.4) is 0 Å². The molecule has 1 aliphatic heterocycles. The normalized spacial score (nSPS) is 15.5. The second-order valence-corrected chi connectivity index (χ2v) is 6.52. The van der Waals surface area contributed by atoms with Crippen LogP contribution in [0, 0.1) is 0 Å². The molecule has 2 heterocycles. The topological polar surface area (TPSA) is 77.2 Å². The number of piperazine rings is 1. The molecule has 1 aliphatic rings. The van der Waals surface area contributed by atoms with Gasteiger partial charge >= 0.3 is 5.63 Å². The second kappa shape index (κ2) is 6.72. The molecule has 0 atom stereocenters. The van der Waals surface area contributed by atoms with Crippen molar-refractivity contribution in [3.63, 3.8) is 0 Å². The van der Waals surface area contributed by atoms with Crippen LogP contribution in [0.25, 0.3) is 11.0 Å². The van der Waals surface area contributed by atoms with Crippen LogP contribution in [0.2, 0.25) is 0 Å². The van der Waals surface area contributed by atoms with Crippen LogP contribution in [0.15, 0.2) is 57.7 Å². The first kappa shape index (κ1) is 16.5. The average molecular weight is 352 g/mol. The van der Waals surface area contributed by atoms with Gasteiger partial charge < -0.3 is 19.5 Å². The maximum absolute atomic E-state index is 11.8. The van der Waals surface area contributed by atoms with Crippen molar-refractivity contribution in [2.24, 2.45) is 0 Å². The maximum Gasteiger partial charge on any atom is 0.336 e. The van der Waals surface area contributed by atoms with Gasteiger partial charge in [0.2, 0.25) is 0 Å². The van der Waals surface area contributed by atoms with Gasteiger partial charge in [-0.2, -0.15) is 0 Å². The number of phenols is 2. The smallest absolute Gasteiger partial charge is 0.336 e. The number of para-hydroxylation sites is 2. The molecule has 134 valence electrons. The quantitative estimate of drug-likeness (QED) is 0.706. The van der Waals surface area contributed by atoms with Gasteiger partial charge in [-0.15, -0.1) is 0 Å². The van der Waals surface area contributed by atoms with Gasteiger partial charge in [-0.25, -0.2) is 4.79 Å². The summed E-state index contributed by atoms with van der Waals surface area (Å²) in [4.78, 5) is 16.3. The first-order valence-electron chi connectivity index (χ1n) is 8.61. The van der Waals surface area contributed by atoms with Crippen molar-refractivity contribution < 1.29 is 14.6 Å². The van der Waals surface area contributed by atoms with E-state index in [1.807, 2.05) is 18.2 Å². The first-order valence-corrected chi connectivity index (χ1v) is 8.61. The molecule has 6 nitrogen and oxygen atoms in total. The summed E-state index contributed by atoms with van der Waals surface area (Å²) in [6, 6.07) is 13.7. The molecular formula is C20H20N2O4. The van der Waals surface area contributed by atoms with E-state index in [2.05, 4.69) is 9.80 Å². The van der Waals surface area contributed by atoms with Crippen LogP contribution >= 0.6 is 0 Å². The Morgan fingerprint density at radius 2 is 1.73 bits per heavy atom. The summed E-state index contributed by atoms with van der Waals surface area (Å²) in [6.45, 7) is 3.90. The van der Waals surface area contributed by atoms with E-state index in [4.69, 9.17) is 4.42 Å². The van der Waals surface area contributed by atoms with E-state index in [9.17, 15) is 15.0 Å². The molecule has 0 bridgehead atoms. The van der Waals surface area contributed by atoms with Gasteiger partial charge in [0.05, 0.1) is 5.69 Å². The average Bonchev–Trinajstić information content (AvgIpc) is 2.62. The van der Waals surface area contributed by atoms with Gasteiger partial charge in [-0.3, -0.25) is 4.90 Å². The summed E-state index contributed by atoms with van der Waals surface area (Å²) < 4.78 is 5.19. The molecule has 26 heavy (non-hydrogen) atoms. The second-order valence-electron chi connectivity index (χ2n) is 6.52. The molecule has 6 heteroatoms. The first-order chi connectivity index (χ1) is 12.6. The molecule has 0 unspecified atom stereocenters. The fourth-order valence-corrected chi connectivity index (χ4v) is 3.47. The largest absolute Gasteiger partial charge is 0.508 e. The van der Waals surface area contributed by atoms with Crippen LogP contribution < -0.4 is 10.5 Å². The molecule has 0 spiro atoms. The number of hydrogen-bond acceptors (Lipinski definition) is 6. The lowest BCUT2D eigenvalue weighted by Gasteiger charge is -2.36. The molecule has 3 aromatic rings. The van der Waals surface area contributed by atoms with Crippen molar-refractivity contribution in [1.29, 1.82) is 0 Å². The number of nitrogens with zero attached hydrogens (tertiary/aromatic N) is 2. The van der Waals surface area contributed by atoms with Crippen LogP contribution in [-0.2, 0) is 6.54 Å². The highest BCUT2D eigenvalue weighted by Gasteiger charge is 2.20. The van der Waals surface area contributed by atoms with Gasteiger partial charge in [0.25, 0.3) is 0 Å². The fraction of sp³-hybridized carbons (Fsp3) is 0.250. The lowest BCUT2D eigenvalue weighted by molar-refractivity contribution is 0.249. The van der Waals surface area contributed by atoms with Crippen molar-refractivity contribution in [3.05, 3.63) is 64.5 Å². The number of phenolic OH excluding ortho intramolecular Hbond substituents is 2. The third kappa shape index (κ3) is 3.23. The SMILES string of the molecule is O=c1cc(CN2CCN(c3ccccc3O)CC2)c2ccc(O)cc2o1. The third-order valence-corrected chi connectivity index (χ3v) is 4.80. The summed E-state index contributed by atoms with van der Waals surface area (Å²) >= 11 is 0. The molecule has 0 radical (unpaired) electrons. The molecule has 2 aromatic carbocycles. The Morgan fingerprint density at radius 1 is 0.962 bits per heavy atom. The van der Waals surface area contributed by atoms with Crippen molar-refractivity contribution >= 4 is 16.7 Å². The Labute approximate surface area is 150 Å². The zero-order chi connectivity index (χ0) is 18.1. The molecule has 0 aliphatic carbocycles. The minimum absolute atomic E-state index is 0.0779. The van der Waals surface area contributed by atoms with Gasteiger partial charge in [0, 0.05) is 50.2 Å². The van der Waals surface area contributed by atoms with Crippen molar-refractivity contribution in [2.45, 2.75) is 6.54 Å². The monoisotopic (exact) mass is 352 g/mol. The molecule has 0 saturated carbocycles. The van der Waals surface area contributed by atoms with Crippen molar-refractivity contribution in [2.75, 3.05) is 31.1 Å². The Kier molecular flexibility index (Phi) is 4.26. The fourth-order valence-electron chi connectivity index (χ4n) is 3.47. The molecule has 1 aromatic heterocycles. The Hall–Kier alpha value is -2.99. The van der Waals surface area contributed by atoms with E-state index in [1.54, 1.807) is 18.2 Å². The van der Waals surface area contributed by atoms with E-state index < -0.39 is 5.63 Å². The van der Waals surface area contributed by atoms with Crippen LogP contribution in [-0.4, -0.2) is 41.3 Å². The predicted octanol–water partition coefficient (Wildman–Crippen LogP) is 2.53. The minimum atomic E-state index is -0.411.